The van der Waals surface area contributed by atoms with Crippen LogP contribution in [0.2, 0.25) is 0 Å². The molecule has 2 atom stereocenters. The van der Waals surface area contributed by atoms with Crippen molar-refractivity contribution in [3.8, 4) is 11.4 Å². The Kier molecular flexibility index (Phi) is 5.93. The Morgan fingerprint density at radius 1 is 1.24 bits per heavy atom. The predicted molar refractivity (Wildman–Crippen MR) is 135 cm³/mol. The van der Waals surface area contributed by atoms with E-state index in [2.05, 4.69) is 30.5 Å². The lowest BCUT2D eigenvalue weighted by Crippen LogP contribution is -2.46. The molecule has 3 N–H and O–H groups in total. The number of halogens is 1. The van der Waals surface area contributed by atoms with E-state index in [1.54, 1.807) is 35.3 Å². The molecule has 190 valence electrons. The molecule has 4 aromatic rings. The first-order valence-electron chi connectivity index (χ1n) is 12.2. The first kappa shape index (κ1) is 23.3. The van der Waals surface area contributed by atoms with Crippen molar-refractivity contribution in [3.63, 3.8) is 0 Å². The number of ether oxygens (including phenoxy) is 1. The van der Waals surface area contributed by atoms with Gasteiger partial charge < -0.3 is 25.4 Å². The van der Waals surface area contributed by atoms with Gasteiger partial charge in [0.05, 0.1) is 59.6 Å². The monoisotopic (exact) mass is 503 g/mol. The number of aliphatic hydroxyl groups is 1. The van der Waals surface area contributed by atoms with E-state index in [1.807, 2.05) is 19.1 Å². The molecular formula is C26H26FN7O3. The molecular weight excluding hydrogens is 477 g/mol. The molecule has 1 fully saturated rings. The number of nitrogens with zero attached hydrogens (tertiary/aromatic N) is 5. The van der Waals surface area contributed by atoms with Crippen LogP contribution in [0.4, 0.5) is 21.6 Å². The first-order valence-corrected chi connectivity index (χ1v) is 12.2. The average Bonchev–Trinajstić information content (AvgIpc) is 3.54. The number of nitrogens with one attached hydrogen (secondary N) is 2. The Balaban J connectivity index is 1.27. The summed E-state index contributed by atoms with van der Waals surface area (Å²) in [6.45, 7) is 4.39. The van der Waals surface area contributed by atoms with Crippen LogP contribution in [0.1, 0.15) is 22.8 Å². The van der Waals surface area contributed by atoms with E-state index in [1.165, 1.54) is 6.07 Å². The molecule has 0 spiro atoms. The highest BCUT2D eigenvalue weighted by molar-refractivity contribution is 6.05. The van der Waals surface area contributed by atoms with E-state index in [4.69, 9.17) is 4.74 Å². The van der Waals surface area contributed by atoms with Gasteiger partial charge in [0.2, 0.25) is 0 Å². The van der Waals surface area contributed by atoms with E-state index in [0.717, 1.165) is 17.8 Å². The summed E-state index contributed by atoms with van der Waals surface area (Å²) in [7, 11) is 0. The highest BCUT2D eigenvalue weighted by atomic mass is 19.1. The van der Waals surface area contributed by atoms with Gasteiger partial charge in [0, 0.05) is 43.9 Å². The van der Waals surface area contributed by atoms with Crippen molar-refractivity contribution in [3.05, 3.63) is 66.0 Å². The number of imidazole rings is 1. The Hall–Kier alpha value is -4.09. The second kappa shape index (κ2) is 9.41. The molecule has 2 aliphatic rings. The van der Waals surface area contributed by atoms with Crippen LogP contribution in [0, 0.1) is 11.7 Å². The van der Waals surface area contributed by atoms with E-state index in [-0.39, 0.29) is 30.2 Å². The second-order valence-electron chi connectivity index (χ2n) is 9.29. The minimum Gasteiger partial charge on any atom is -0.396 e. The van der Waals surface area contributed by atoms with Gasteiger partial charge in [-0.05, 0) is 24.3 Å². The molecule has 4 aromatic heterocycles. The summed E-state index contributed by atoms with van der Waals surface area (Å²) < 4.78 is 21.6. The number of morpholine rings is 1. The zero-order valence-electron chi connectivity index (χ0n) is 20.2. The standard InChI is InChI=1S/C26H26FN7O3/c1-15(14-35)21-13-33(7-8-37-21)16-4-5-22(28-9-16)32-19-11-29-24(17-10-31-26(36)23(17)19)20-12-30-25-18(27)3-2-6-34(20)25/h2-6,9,11-12,15,21,35H,7-8,10,13-14H2,1H3,(H,28,32)(H,31,36)/t15?,21-/m1/s1. The lowest BCUT2D eigenvalue weighted by Gasteiger charge is -2.36. The van der Waals surface area contributed by atoms with Crippen LogP contribution in [-0.4, -0.2) is 62.8 Å². The molecule has 0 aromatic carbocycles. The number of rotatable bonds is 6. The quantitative estimate of drug-likeness (QED) is 0.368. The van der Waals surface area contributed by atoms with Crippen molar-refractivity contribution in [2.75, 3.05) is 36.5 Å². The molecule has 10 nitrogen and oxygen atoms in total. The number of aliphatic hydroxyl groups excluding tert-OH is 1. The summed E-state index contributed by atoms with van der Waals surface area (Å²) in [6, 6.07) is 6.78. The lowest BCUT2D eigenvalue weighted by molar-refractivity contribution is -0.00930. The second-order valence-corrected chi connectivity index (χ2v) is 9.29. The Morgan fingerprint density at radius 3 is 2.95 bits per heavy atom. The highest BCUT2D eigenvalue weighted by Gasteiger charge is 2.29. The maximum absolute atomic E-state index is 14.2. The third-order valence-corrected chi connectivity index (χ3v) is 6.96. The van der Waals surface area contributed by atoms with E-state index < -0.39 is 5.82 Å². The molecule has 6 rings (SSSR count). The number of aromatic nitrogens is 4. The van der Waals surface area contributed by atoms with E-state index in [9.17, 15) is 14.3 Å². The Morgan fingerprint density at radius 2 is 2.14 bits per heavy atom. The third kappa shape index (κ3) is 4.15. The van der Waals surface area contributed by atoms with Gasteiger partial charge in [-0.15, -0.1) is 0 Å². The Bertz CT molecular complexity index is 1470. The van der Waals surface area contributed by atoms with E-state index >= 15 is 0 Å². The smallest absolute Gasteiger partial charge is 0.254 e. The largest absolute Gasteiger partial charge is 0.396 e. The van der Waals surface area contributed by atoms with Gasteiger partial charge in [-0.25, -0.2) is 14.4 Å². The van der Waals surface area contributed by atoms with Gasteiger partial charge in [0.15, 0.2) is 11.5 Å². The van der Waals surface area contributed by atoms with Crippen LogP contribution in [0.15, 0.2) is 49.1 Å². The topological polar surface area (TPSA) is 117 Å². The molecule has 2 aliphatic heterocycles. The van der Waals surface area contributed by atoms with Crippen molar-refractivity contribution in [2.24, 2.45) is 5.92 Å². The van der Waals surface area contributed by atoms with Crippen LogP contribution >= 0.6 is 0 Å². The molecule has 11 heteroatoms. The summed E-state index contributed by atoms with van der Waals surface area (Å²) in [6.07, 6.45) is 6.62. The fourth-order valence-electron chi connectivity index (χ4n) is 4.87. The number of fused-ring (bicyclic) bond motifs is 2. The minimum atomic E-state index is -0.428. The van der Waals surface area contributed by atoms with Crippen molar-refractivity contribution in [1.82, 2.24) is 24.7 Å². The molecule has 0 aliphatic carbocycles. The fourth-order valence-corrected chi connectivity index (χ4v) is 4.87. The number of carbonyl (C=O) groups excluding carboxylic acids is 1. The van der Waals surface area contributed by atoms with Gasteiger partial charge in [0.25, 0.3) is 5.91 Å². The van der Waals surface area contributed by atoms with Crippen molar-refractivity contribution >= 4 is 28.7 Å². The molecule has 6 heterocycles. The zero-order valence-corrected chi connectivity index (χ0v) is 20.2. The number of hydrogen-bond donors (Lipinski definition) is 3. The molecule has 1 amide bonds. The summed E-state index contributed by atoms with van der Waals surface area (Å²) in [4.78, 5) is 28.3. The summed E-state index contributed by atoms with van der Waals surface area (Å²) in [5.74, 6) is -0.0105. The number of pyridine rings is 3. The average molecular weight is 504 g/mol. The van der Waals surface area contributed by atoms with Crippen LogP contribution in [0.3, 0.4) is 0 Å². The number of anilines is 3. The normalized spacial score (nSPS) is 18.1. The number of carbonyl (C=O) groups is 1. The maximum atomic E-state index is 14.2. The van der Waals surface area contributed by atoms with Gasteiger partial charge in [-0.2, -0.15) is 0 Å². The lowest BCUT2D eigenvalue weighted by atomic mass is 10.0. The van der Waals surface area contributed by atoms with E-state index in [0.29, 0.717) is 48.2 Å². The SMILES string of the molecule is CC(CO)[C@H]1CN(c2ccc(Nc3cnc(-c4cnc5c(F)cccn45)c4c3C(=O)NC4)nc2)CCO1. The number of hydrogen-bond acceptors (Lipinski definition) is 8. The van der Waals surface area contributed by atoms with Crippen LogP contribution in [0.25, 0.3) is 17.0 Å². The van der Waals surface area contributed by atoms with Crippen LogP contribution in [0.5, 0.6) is 0 Å². The molecule has 37 heavy (non-hydrogen) atoms. The summed E-state index contributed by atoms with van der Waals surface area (Å²) in [5.41, 5.74) is 4.08. The molecule has 0 saturated carbocycles. The van der Waals surface area contributed by atoms with Crippen molar-refractivity contribution in [2.45, 2.75) is 19.6 Å². The van der Waals surface area contributed by atoms with Crippen molar-refractivity contribution in [1.29, 1.82) is 0 Å². The first-order chi connectivity index (χ1) is 18.0. The maximum Gasteiger partial charge on any atom is 0.254 e. The molecule has 0 radical (unpaired) electrons. The molecule has 1 unspecified atom stereocenters. The summed E-state index contributed by atoms with van der Waals surface area (Å²) in [5, 5.41) is 15.6. The molecule has 1 saturated heterocycles. The highest BCUT2D eigenvalue weighted by Crippen LogP contribution is 2.34. The van der Waals surface area contributed by atoms with Gasteiger partial charge in [-0.1, -0.05) is 6.92 Å². The van der Waals surface area contributed by atoms with Gasteiger partial charge in [0.1, 0.15) is 5.82 Å². The Labute approximate surface area is 212 Å². The van der Waals surface area contributed by atoms with Gasteiger partial charge in [-0.3, -0.25) is 14.2 Å². The van der Waals surface area contributed by atoms with Crippen LogP contribution in [-0.2, 0) is 11.3 Å². The van der Waals surface area contributed by atoms with Crippen LogP contribution < -0.4 is 15.5 Å². The minimum absolute atomic E-state index is 0.0355. The van der Waals surface area contributed by atoms with Crippen molar-refractivity contribution < 1.29 is 19.0 Å². The van der Waals surface area contributed by atoms with Gasteiger partial charge >= 0.3 is 0 Å². The summed E-state index contributed by atoms with van der Waals surface area (Å²) >= 11 is 0. The predicted octanol–water partition coefficient (Wildman–Crippen LogP) is 2.75. The molecule has 0 bridgehead atoms. The fraction of sp³-hybridized carbons (Fsp3) is 0.308. The third-order valence-electron chi connectivity index (χ3n) is 6.96. The number of amides is 1. The zero-order chi connectivity index (χ0) is 25.5.